The highest BCUT2D eigenvalue weighted by Crippen LogP contribution is 2.18. The molecular formula is C18H28N2O. The zero-order valence-electron chi connectivity index (χ0n) is 13.6. The van der Waals surface area contributed by atoms with Crippen molar-refractivity contribution in [3.05, 3.63) is 35.4 Å². The van der Waals surface area contributed by atoms with Crippen molar-refractivity contribution in [1.29, 1.82) is 0 Å². The molecule has 1 aliphatic heterocycles. The van der Waals surface area contributed by atoms with Crippen LogP contribution in [-0.2, 0) is 6.42 Å². The van der Waals surface area contributed by atoms with Crippen LogP contribution in [0, 0.1) is 5.92 Å². The van der Waals surface area contributed by atoms with Crippen molar-refractivity contribution in [3.8, 4) is 0 Å². The molecule has 3 nitrogen and oxygen atoms in total. The molecule has 2 rings (SSSR count). The van der Waals surface area contributed by atoms with Gasteiger partial charge in [-0.05, 0) is 63.7 Å². The number of carbonyl (C=O) groups is 1. The Balaban J connectivity index is 2.14. The maximum Gasteiger partial charge on any atom is 0.254 e. The van der Waals surface area contributed by atoms with Crippen molar-refractivity contribution in [2.75, 3.05) is 19.6 Å². The van der Waals surface area contributed by atoms with Gasteiger partial charge in [0.1, 0.15) is 0 Å². The van der Waals surface area contributed by atoms with Crippen LogP contribution in [0.15, 0.2) is 24.3 Å². The second kappa shape index (κ2) is 7.60. The molecule has 1 unspecified atom stereocenters. The predicted molar refractivity (Wildman–Crippen MR) is 87.6 cm³/mol. The van der Waals surface area contributed by atoms with Crippen LogP contribution < -0.4 is 5.32 Å². The van der Waals surface area contributed by atoms with Crippen LogP contribution in [0.5, 0.6) is 0 Å². The summed E-state index contributed by atoms with van der Waals surface area (Å²) >= 11 is 0. The Morgan fingerprint density at radius 2 is 2.14 bits per heavy atom. The summed E-state index contributed by atoms with van der Waals surface area (Å²) in [5, 5.41) is 3.44. The molecule has 1 aromatic rings. The average molecular weight is 288 g/mol. The van der Waals surface area contributed by atoms with E-state index < -0.39 is 0 Å². The summed E-state index contributed by atoms with van der Waals surface area (Å²) in [6.07, 6.45) is 3.34. The molecule has 1 aromatic carbocycles. The van der Waals surface area contributed by atoms with E-state index in [9.17, 15) is 4.79 Å². The van der Waals surface area contributed by atoms with Crippen LogP contribution in [0.3, 0.4) is 0 Å². The van der Waals surface area contributed by atoms with E-state index in [1.165, 1.54) is 12.8 Å². The fourth-order valence-corrected chi connectivity index (χ4v) is 3.08. The molecule has 0 spiro atoms. The first-order valence-electron chi connectivity index (χ1n) is 8.23. The monoisotopic (exact) mass is 288 g/mol. The lowest BCUT2D eigenvalue weighted by molar-refractivity contribution is 0.0660. The number of benzene rings is 1. The summed E-state index contributed by atoms with van der Waals surface area (Å²) in [6.45, 7) is 9.35. The third-order valence-electron chi connectivity index (χ3n) is 4.37. The fraction of sp³-hybridized carbons (Fsp3) is 0.611. The molecule has 1 heterocycles. The van der Waals surface area contributed by atoms with Crippen molar-refractivity contribution in [3.63, 3.8) is 0 Å². The van der Waals surface area contributed by atoms with Crippen molar-refractivity contribution >= 4 is 5.91 Å². The Morgan fingerprint density at radius 3 is 2.76 bits per heavy atom. The van der Waals surface area contributed by atoms with Gasteiger partial charge in [0.2, 0.25) is 0 Å². The Hall–Kier alpha value is -1.35. The number of hydrogen-bond acceptors (Lipinski definition) is 2. The third-order valence-corrected chi connectivity index (χ3v) is 4.37. The molecule has 0 aromatic heterocycles. The van der Waals surface area contributed by atoms with Gasteiger partial charge < -0.3 is 10.2 Å². The smallest absolute Gasteiger partial charge is 0.254 e. The van der Waals surface area contributed by atoms with E-state index in [0.29, 0.717) is 5.92 Å². The zero-order chi connectivity index (χ0) is 15.2. The van der Waals surface area contributed by atoms with E-state index in [1.54, 1.807) is 0 Å². The lowest BCUT2D eigenvalue weighted by Gasteiger charge is -2.33. The molecule has 0 bridgehead atoms. The number of hydrogen-bond donors (Lipinski definition) is 1. The first kappa shape index (κ1) is 16.0. The van der Waals surface area contributed by atoms with Gasteiger partial charge in [-0.15, -0.1) is 0 Å². The van der Waals surface area contributed by atoms with Gasteiger partial charge in [0, 0.05) is 18.2 Å². The van der Waals surface area contributed by atoms with Crippen molar-refractivity contribution in [2.45, 2.75) is 46.1 Å². The summed E-state index contributed by atoms with van der Waals surface area (Å²) in [5.41, 5.74) is 2.02. The zero-order valence-corrected chi connectivity index (χ0v) is 13.6. The summed E-state index contributed by atoms with van der Waals surface area (Å²) in [4.78, 5) is 15.0. The molecule has 0 aliphatic carbocycles. The lowest BCUT2D eigenvalue weighted by atomic mass is 9.97. The maximum absolute atomic E-state index is 12.9. The van der Waals surface area contributed by atoms with Crippen LogP contribution in [0.25, 0.3) is 0 Å². The van der Waals surface area contributed by atoms with E-state index in [4.69, 9.17) is 0 Å². The van der Waals surface area contributed by atoms with Gasteiger partial charge in [-0.1, -0.05) is 25.1 Å². The molecule has 1 amide bonds. The second-order valence-electron chi connectivity index (χ2n) is 6.27. The fourth-order valence-electron chi connectivity index (χ4n) is 3.08. The molecular weight excluding hydrogens is 260 g/mol. The van der Waals surface area contributed by atoms with Crippen LogP contribution in [0.4, 0.5) is 0 Å². The van der Waals surface area contributed by atoms with Crippen molar-refractivity contribution in [1.82, 2.24) is 10.2 Å². The van der Waals surface area contributed by atoms with Gasteiger partial charge in [-0.3, -0.25) is 4.79 Å². The topological polar surface area (TPSA) is 32.3 Å². The Labute approximate surface area is 128 Å². The SMILES string of the molecule is CCc1ccccc1C(=O)N(CC1CCCNC1)C(C)C. The number of rotatable bonds is 5. The van der Waals surface area contributed by atoms with E-state index >= 15 is 0 Å². The molecule has 1 atom stereocenters. The molecule has 1 fully saturated rings. The van der Waals surface area contributed by atoms with E-state index in [2.05, 4.69) is 32.2 Å². The van der Waals surface area contributed by atoms with Crippen molar-refractivity contribution in [2.24, 2.45) is 5.92 Å². The summed E-state index contributed by atoms with van der Waals surface area (Å²) in [6, 6.07) is 8.25. The number of carbonyl (C=O) groups excluding carboxylic acids is 1. The van der Waals surface area contributed by atoms with Gasteiger partial charge in [0.05, 0.1) is 0 Å². The molecule has 0 saturated carbocycles. The number of nitrogens with zero attached hydrogens (tertiary/aromatic N) is 1. The minimum atomic E-state index is 0.188. The second-order valence-corrected chi connectivity index (χ2v) is 6.27. The van der Waals surface area contributed by atoms with Crippen LogP contribution in [0.1, 0.15) is 49.5 Å². The number of piperidine rings is 1. The van der Waals surface area contributed by atoms with Crippen LogP contribution >= 0.6 is 0 Å². The predicted octanol–water partition coefficient (Wildman–Crippen LogP) is 3.10. The van der Waals surface area contributed by atoms with E-state index in [1.807, 2.05) is 23.1 Å². The minimum absolute atomic E-state index is 0.188. The molecule has 116 valence electrons. The van der Waals surface area contributed by atoms with E-state index in [-0.39, 0.29) is 11.9 Å². The summed E-state index contributed by atoms with van der Waals surface area (Å²) in [5.74, 6) is 0.770. The van der Waals surface area contributed by atoms with Crippen LogP contribution in [-0.4, -0.2) is 36.5 Å². The first-order valence-corrected chi connectivity index (χ1v) is 8.23. The average Bonchev–Trinajstić information content (AvgIpc) is 2.52. The molecule has 21 heavy (non-hydrogen) atoms. The lowest BCUT2D eigenvalue weighted by Crippen LogP contribution is -2.44. The Bertz CT molecular complexity index is 464. The highest BCUT2D eigenvalue weighted by Gasteiger charge is 2.24. The van der Waals surface area contributed by atoms with Gasteiger partial charge in [0.25, 0.3) is 5.91 Å². The Morgan fingerprint density at radius 1 is 1.38 bits per heavy atom. The maximum atomic E-state index is 12.9. The van der Waals surface area contributed by atoms with Gasteiger partial charge in [-0.2, -0.15) is 0 Å². The third kappa shape index (κ3) is 4.07. The molecule has 1 saturated heterocycles. The van der Waals surface area contributed by atoms with Crippen LogP contribution in [0.2, 0.25) is 0 Å². The standard InChI is InChI=1S/C18H28N2O/c1-4-16-9-5-6-10-17(16)18(21)20(14(2)3)13-15-8-7-11-19-12-15/h5-6,9-10,14-15,19H,4,7-8,11-13H2,1-3H3. The first-order chi connectivity index (χ1) is 10.1. The number of amides is 1. The van der Waals surface area contributed by atoms with E-state index in [0.717, 1.165) is 37.2 Å². The van der Waals surface area contributed by atoms with Crippen molar-refractivity contribution < 1.29 is 4.79 Å². The number of nitrogens with one attached hydrogen (secondary N) is 1. The largest absolute Gasteiger partial charge is 0.336 e. The molecule has 0 radical (unpaired) electrons. The quantitative estimate of drug-likeness (QED) is 0.903. The highest BCUT2D eigenvalue weighted by molar-refractivity contribution is 5.95. The van der Waals surface area contributed by atoms with Gasteiger partial charge in [-0.25, -0.2) is 0 Å². The Kier molecular flexibility index (Phi) is 5.80. The summed E-state index contributed by atoms with van der Waals surface area (Å²) < 4.78 is 0. The molecule has 1 aliphatic rings. The molecule has 1 N–H and O–H groups in total. The minimum Gasteiger partial charge on any atom is -0.336 e. The highest BCUT2D eigenvalue weighted by atomic mass is 16.2. The van der Waals surface area contributed by atoms with Gasteiger partial charge >= 0.3 is 0 Å². The molecule has 3 heteroatoms. The summed E-state index contributed by atoms with van der Waals surface area (Å²) in [7, 11) is 0. The normalized spacial score (nSPS) is 18.8. The number of aryl methyl sites for hydroxylation is 1. The van der Waals surface area contributed by atoms with Gasteiger partial charge in [0.15, 0.2) is 0 Å².